The minimum atomic E-state index is 0.743. The second kappa shape index (κ2) is 7.92. The van der Waals surface area contributed by atoms with Gasteiger partial charge in [0, 0.05) is 18.0 Å². The summed E-state index contributed by atoms with van der Waals surface area (Å²) in [4.78, 5) is 1.39. The Balaban J connectivity index is 1.57. The van der Waals surface area contributed by atoms with Crippen molar-refractivity contribution in [3.63, 3.8) is 0 Å². The van der Waals surface area contributed by atoms with Crippen LogP contribution in [-0.2, 0) is 12.8 Å². The van der Waals surface area contributed by atoms with Gasteiger partial charge in [0.25, 0.3) is 0 Å². The summed E-state index contributed by atoms with van der Waals surface area (Å²) in [6, 6.07) is 14.7. The van der Waals surface area contributed by atoms with Crippen molar-refractivity contribution in [2.45, 2.75) is 12.8 Å². The number of nitrogens with one attached hydrogen (secondary N) is 2. The van der Waals surface area contributed by atoms with Crippen molar-refractivity contribution in [1.82, 2.24) is 10.6 Å². The minimum Gasteiger partial charge on any atom is -0.362 e. The van der Waals surface area contributed by atoms with E-state index >= 15 is 0 Å². The highest BCUT2D eigenvalue weighted by atomic mass is 32.1. The fourth-order valence-corrected chi connectivity index (χ4v) is 2.69. The lowest BCUT2D eigenvalue weighted by Gasteiger charge is -2.10. The number of hydrogen-bond acceptors (Lipinski definition) is 2. The van der Waals surface area contributed by atoms with Crippen molar-refractivity contribution in [1.29, 1.82) is 0 Å². The molecule has 0 saturated heterocycles. The summed E-state index contributed by atoms with van der Waals surface area (Å²) in [5.74, 6) is 0. The molecule has 2 rings (SSSR count). The van der Waals surface area contributed by atoms with Crippen LogP contribution in [0.1, 0.15) is 10.4 Å². The Morgan fingerprint density at radius 1 is 0.947 bits per heavy atom. The van der Waals surface area contributed by atoms with E-state index in [2.05, 4.69) is 52.4 Å². The maximum Gasteiger partial charge on any atom is 0.166 e. The Hall–Kier alpha value is -1.39. The van der Waals surface area contributed by atoms with E-state index in [1.54, 1.807) is 11.3 Å². The van der Waals surface area contributed by atoms with Crippen molar-refractivity contribution in [3.8, 4) is 0 Å². The number of rotatable bonds is 6. The van der Waals surface area contributed by atoms with Gasteiger partial charge in [-0.25, -0.2) is 0 Å². The Morgan fingerprint density at radius 2 is 1.68 bits per heavy atom. The molecule has 0 fully saturated rings. The quantitative estimate of drug-likeness (QED) is 0.800. The maximum absolute atomic E-state index is 5.25. The molecule has 0 atom stereocenters. The summed E-state index contributed by atoms with van der Waals surface area (Å²) in [7, 11) is 0. The Labute approximate surface area is 123 Å². The third-order valence-electron chi connectivity index (χ3n) is 2.78. The zero-order chi connectivity index (χ0) is 13.3. The molecule has 1 aromatic carbocycles. The lowest BCUT2D eigenvalue weighted by molar-refractivity contribution is 0.806. The molecule has 1 heterocycles. The number of thiophene rings is 1. The summed E-state index contributed by atoms with van der Waals surface area (Å²) in [6.45, 7) is 1.76. The predicted molar refractivity (Wildman–Crippen MR) is 86.8 cm³/mol. The highest BCUT2D eigenvalue weighted by Gasteiger charge is 1.97. The van der Waals surface area contributed by atoms with E-state index < -0.39 is 0 Å². The van der Waals surface area contributed by atoms with Crippen molar-refractivity contribution in [3.05, 3.63) is 58.3 Å². The fourth-order valence-electron chi connectivity index (χ4n) is 1.78. The first-order chi connectivity index (χ1) is 9.34. The van der Waals surface area contributed by atoms with Gasteiger partial charge in [-0.2, -0.15) is 0 Å². The van der Waals surface area contributed by atoms with Crippen LogP contribution in [0.15, 0.2) is 47.8 Å². The predicted octanol–water partition coefficient (Wildman–Crippen LogP) is 3.00. The summed E-state index contributed by atoms with van der Waals surface area (Å²) in [6.07, 6.45) is 2.02. The molecule has 19 heavy (non-hydrogen) atoms. The van der Waals surface area contributed by atoms with Crippen LogP contribution in [0.3, 0.4) is 0 Å². The fraction of sp³-hybridized carbons (Fsp3) is 0.267. The molecule has 2 aromatic rings. The van der Waals surface area contributed by atoms with Crippen molar-refractivity contribution in [2.75, 3.05) is 13.1 Å². The highest BCUT2D eigenvalue weighted by molar-refractivity contribution is 7.80. The SMILES string of the molecule is S=C(NCCc1ccccc1)NCCc1cccs1. The lowest BCUT2D eigenvalue weighted by atomic mass is 10.1. The Bertz CT molecular complexity index is 480. The van der Waals surface area contributed by atoms with E-state index in [1.165, 1.54) is 10.4 Å². The molecule has 0 unspecified atom stereocenters. The average molecular weight is 290 g/mol. The van der Waals surface area contributed by atoms with Gasteiger partial charge < -0.3 is 10.6 Å². The molecule has 2 nitrogen and oxygen atoms in total. The third-order valence-corrected chi connectivity index (χ3v) is 4.00. The average Bonchev–Trinajstić information content (AvgIpc) is 2.93. The minimum absolute atomic E-state index is 0.743. The zero-order valence-corrected chi connectivity index (χ0v) is 12.4. The van der Waals surface area contributed by atoms with Gasteiger partial charge in [0.15, 0.2) is 5.11 Å². The summed E-state index contributed by atoms with van der Waals surface area (Å²) in [5.41, 5.74) is 1.33. The first-order valence-corrected chi connectivity index (χ1v) is 7.71. The second-order valence-electron chi connectivity index (χ2n) is 4.25. The van der Waals surface area contributed by atoms with Gasteiger partial charge in [-0.3, -0.25) is 0 Å². The van der Waals surface area contributed by atoms with Gasteiger partial charge in [0.05, 0.1) is 0 Å². The Morgan fingerprint density at radius 3 is 2.37 bits per heavy atom. The van der Waals surface area contributed by atoms with E-state index in [1.807, 2.05) is 6.07 Å². The molecule has 0 aliphatic rings. The summed E-state index contributed by atoms with van der Waals surface area (Å²) < 4.78 is 0. The van der Waals surface area contributed by atoms with Crippen LogP contribution in [0.5, 0.6) is 0 Å². The molecule has 2 N–H and O–H groups in total. The van der Waals surface area contributed by atoms with Crippen molar-refractivity contribution in [2.24, 2.45) is 0 Å². The van der Waals surface area contributed by atoms with Crippen LogP contribution in [0.2, 0.25) is 0 Å². The molecule has 0 amide bonds. The normalized spacial score (nSPS) is 10.1. The molecule has 100 valence electrons. The number of thiocarbonyl (C=S) groups is 1. The highest BCUT2D eigenvalue weighted by Crippen LogP contribution is 2.07. The Kier molecular flexibility index (Phi) is 5.85. The van der Waals surface area contributed by atoms with Crippen LogP contribution in [0.25, 0.3) is 0 Å². The molecular formula is C15H18N2S2. The maximum atomic E-state index is 5.25. The van der Waals surface area contributed by atoms with E-state index in [9.17, 15) is 0 Å². The standard InChI is InChI=1S/C15H18N2S2/c18-15(17-11-9-14-7-4-12-19-14)16-10-8-13-5-2-1-3-6-13/h1-7,12H,8-11H2,(H2,16,17,18). The van der Waals surface area contributed by atoms with Crippen molar-refractivity contribution < 1.29 is 0 Å². The van der Waals surface area contributed by atoms with E-state index in [0.29, 0.717) is 0 Å². The summed E-state index contributed by atoms with van der Waals surface area (Å²) in [5, 5.41) is 9.32. The van der Waals surface area contributed by atoms with Crippen LogP contribution in [0.4, 0.5) is 0 Å². The molecule has 0 saturated carbocycles. The van der Waals surface area contributed by atoms with Crippen LogP contribution in [-0.4, -0.2) is 18.2 Å². The van der Waals surface area contributed by atoms with Crippen LogP contribution >= 0.6 is 23.6 Å². The van der Waals surface area contributed by atoms with Gasteiger partial charge in [-0.05, 0) is 42.1 Å². The number of hydrogen-bond donors (Lipinski definition) is 2. The first-order valence-electron chi connectivity index (χ1n) is 6.42. The van der Waals surface area contributed by atoms with E-state index in [4.69, 9.17) is 12.2 Å². The monoisotopic (exact) mass is 290 g/mol. The molecule has 1 aromatic heterocycles. The molecule has 4 heteroatoms. The first kappa shape index (κ1) is 14.0. The lowest BCUT2D eigenvalue weighted by Crippen LogP contribution is -2.37. The van der Waals surface area contributed by atoms with Crippen LogP contribution in [0, 0.1) is 0 Å². The van der Waals surface area contributed by atoms with Gasteiger partial charge in [0.2, 0.25) is 0 Å². The van der Waals surface area contributed by atoms with Crippen molar-refractivity contribution >= 4 is 28.7 Å². The molecule has 0 aliphatic carbocycles. The smallest absolute Gasteiger partial charge is 0.166 e. The van der Waals surface area contributed by atoms with E-state index in [-0.39, 0.29) is 0 Å². The molecule has 0 aliphatic heterocycles. The van der Waals surface area contributed by atoms with Gasteiger partial charge in [-0.15, -0.1) is 11.3 Å². The summed E-state index contributed by atoms with van der Waals surface area (Å²) >= 11 is 7.03. The van der Waals surface area contributed by atoms with Gasteiger partial charge >= 0.3 is 0 Å². The second-order valence-corrected chi connectivity index (χ2v) is 5.69. The zero-order valence-electron chi connectivity index (χ0n) is 10.8. The number of benzene rings is 1. The van der Waals surface area contributed by atoms with Gasteiger partial charge in [0.1, 0.15) is 0 Å². The largest absolute Gasteiger partial charge is 0.362 e. The molecule has 0 bridgehead atoms. The molecule has 0 radical (unpaired) electrons. The molecule has 0 spiro atoms. The van der Waals surface area contributed by atoms with Gasteiger partial charge in [-0.1, -0.05) is 36.4 Å². The topological polar surface area (TPSA) is 24.1 Å². The van der Waals surface area contributed by atoms with Crippen LogP contribution < -0.4 is 10.6 Å². The van der Waals surface area contributed by atoms with E-state index in [0.717, 1.165) is 31.0 Å². The molecular weight excluding hydrogens is 272 g/mol. The third kappa shape index (κ3) is 5.41.